The molecule has 0 saturated carbocycles. The van der Waals surface area contributed by atoms with Crippen molar-refractivity contribution >= 4 is 32.6 Å². The average molecular weight is 482 g/mol. The highest BCUT2D eigenvalue weighted by atomic mass is 32.1. The number of aromatic nitrogens is 3. The smallest absolute Gasteiger partial charge is 0.294 e. The predicted molar refractivity (Wildman–Crippen MR) is 127 cm³/mol. The van der Waals surface area contributed by atoms with E-state index in [1.807, 2.05) is 0 Å². The second kappa shape index (κ2) is 9.30. The summed E-state index contributed by atoms with van der Waals surface area (Å²) in [6.45, 7) is 1.63. The van der Waals surface area contributed by atoms with Crippen LogP contribution in [0, 0.1) is 11.6 Å². The van der Waals surface area contributed by atoms with Gasteiger partial charge in [0.15, 0.2) is 10.6 Å². The van der Waals surface area contributed by atoms with Crippen LogP contribution in [0.25, 0.3) is 21.5 Å². The van der Waals surface area contributed by atoms with Crippen LogP contribution in [0.15, 0.2) is 53.3 Å². The topological polar surface area (TPSA) is 80.1 Å². The Balaban J connectivity index is 1.48. The standard InChI is InChI=1S/C24H21F2N5O2S/c25-17-7-3-15(4-8-17)13-27-19(32)14-31-23(33)21-22(34-24(28-21)30-11-1-2-12-30)20(29-31)16-5-9-18(26)10-6-16/h3-10H,1-2,11-14H2,(H,27,32). The summed E-state index contributed by atoms with van der Waals surface area (Å²) in [5.74, 6) is -1.15. The number of carbonyl (C=O) groups excluding carboxylic acids is 1. The number of benzene rings is 2. The van der Waals surface area contributed by atoms with Gasteiger partial charge in [0, 0.05) is 25.2 Å². The van der Waals surface area contributed by atoms with Crippen molar-refractivity contribution in [1.82, 2.24) is 20.1 Å². The number of thiazole rings is 1. The second-order valence-corrected chi connectivity index (χ2v) is 9.07. The first-order valence-corrected chi connectivity index (χ1v) is 11.7. The monoisotopic (exact) mass is 481 g/mol. The molecule has 7 nitrogen and oxygen atoms in total. The van der Waals surface area contributed by atoms with E-state index in [0.717, 1.165) is 41.3 Å². The molecule has 1 saturated heterocycles. The second-order valence-electron chi connectivity index (χ2n) is 8.09. The third-order valence-corrected chi connectivity index (χ3v) is 6.80. The average Bonchev–Trinajstić information content (AvgIpc) is 3.52. The number of amides is 1. The maximum atomic E-state index is 13.5. The number of anilines is 1. The van der Waals surface area contributed by atoms with Gasteiger partial charge in [-0.15, -0.1) is 0 Å². The van der Waals surface area contributed by atoms with Gasteiger partial charge in [-0.25, -0.2) is 18.4 Å². The SMILES string of the molecule is O=C(Cn1nc(-c2ccc(F)cc2)c2sc(N3CCCC3)nc2c1=O)NCc1ccc(F)cc1. The highest BCUT2D eigenvalue weighted by Crippen LogP contribution is 2.34. The van der Waals surface area contributed by atoms with Gasteiger partial charge in [0.1, 0.15) is 23.9 Å². The van der Waals surface area contributed by atoms with Gasteiger partial charge in [0.2, 0.25) is 5.91 Å². The molecule has 5 rings (SSSR count). The van der Waals surface area contributed by atoms with E-state index in [9.17, 15) is 18.4 Å². The molecule has 2 aromatic heterocycles. The molecule has 2 aromatic carbocycles. The Morgan fingerprint density at radius 1 is 1.00 bits per heavy atom. The third kappa shape index (κ3) is 4.54. The molecule has 0 aliphatic carbocycles. The number of nitrogens with zero attached hydrogens (tertiary/aromatic N) is 4. The van der Waals surface area contributed by atoms with Gasteiger partial charge < -0.3 is 10.2 Å². The number of halogens is 2. The van der Waals surface area contributed by atoms with E-state index in [4.69, 9.17) is 0 Å². The van der Waals surface area contributed by atoms with E-state index < -0.39 is 11.5 Å². The van der Waals surface area contributed by atoms with Crippen molar-refractivity contribution in [3.8, 4) is 11.3 Å². The Morgan fingerprint density at radius 3 is 2.32 bits per heavy atom. The van der Waals surface area contributed by atoms with Crippen LogP contribution in [0.1, 0.15) is 18.4 Å². The highest BCUT2D eigenvalue weighted by Gasteiger charge is 2.22. The summed E-state index contributed by atoms with van der Waals surface area (Å²) in [5.41, 5.74) is 1.62. The molecular formula is C24H21F2N5O2S. The lowest BCUT2D eigenvalue weighted by atomic mass is 10.1. The lowest BCUT2D eigenvalue weighted by molar-refractivity contribution is -0.122. The maximum Gasteiger partial charge on any atom is 0.294 e. The largest absolute Gasteiger partial charge is 0.350 e. The van der Waals surface area contributed by atoms with E-state index in [1.54, 1.807) is 24.3 Å². The molecule has 174 valence electrons. The Hall–Kier alpha value is -3.66. The zero-order valence-electron chi connectivity index (χ0n) is 18.1. The first kappa shape index (κ1) is 22.1. The molecule has 1 aliphatic rings. The first-order chi connectivity index (χ1) is 16.5. The van der Waals surface area contributed by atoms with Crippen molar-refractivity contribution in [2.75, 3.05) is 18.0 Å². The maximum absolute atomic E-state index is 13.5. The quantitative estimate of drug-likeness (QED) is 0.454. The lowest BCUT2D eigenvalue weighted by Gasteiger charge is -2.11. The number of rotatable bonds is 6. The van der Waals surface area contributed by atoms with Crippen molar-refractivity contribution in [3.63, 3.8) is 0 Å². The highest BCUT2D eigenvalue weighted by molar-refractivity contribution is 7.22. The molecule has 3 heterocycles. The van der Waals surface area contributed by atoms with E-state index in [0.29, 0.717) is 16.0 Å². The molecule has 1 N–H and O–H groups in total. The fourth-order valence-electron chi connectivity index (χ4n) is 3.89. The fourth-order valence-corrected chi connectivity index (χ4v) is 5.01. The van der Waals surface area contributed by atoms with Gasteiger partial charge in [-0.05, 0) is 54.8 Å². The molecular weight excluding hydrogens is 460 g/mol. The number of fused-ring (bicyclic) bond motifs is 1. The van der Waals surface area contributed by atoms with Crippen LogP contribution in [0.3, 0.4) is 0 Å². The minimum absolute atomic E-state index is 0.191. The molecule has 0 radical (unpaired) electrons. The number of hydrogen-bond acceptors (Lipinski definition) is 6. The molecule has 1 aliphatic heterocycles. The molecule has 0 spiro atoms. The minimum Gasteiger partial charge on any atom is -0.350 e. The molecule has 4 aromatic rings. The Kier molecular flexibility index (Phi) is 6.06. The zero-order valence-corrected chi connectivity index (χ0v) is 18.9. The number of hydrogen-bond donors (Lipinski definition) is 1. The lowest BCUT2D eigenvalue weighted by Crippen LogP contribution is -2.33. The predicted octanol–water partition coefficient (Wildman–Crippen LogP) is 3.71. The molecule has 0 unspecified atom stereocenters. The van der Waals surface area contributed by atoms with Crippen LogP contribution >= 0.6 is 11.3 Å². The molecule has 0 bridgehead atoms. The van der Waals surface area contributed by atoms with Crippen LogP contribution in [-0.4, -0.2) is 33.8 Å². The van der Waals surface area contributed by atoms with Crippen LogP contribution in [0.2, 0.25) is 0 Å². The summed E-state index contributed by atoms with van der Waals surface area (Å²) in [5, 5.41) is 7.94. The van der Waals surface area contributed by atoms with E-state index >= 15 is 0 Å². The van der Waals surface area contributed by atoms with Gasteiger partial charge in [-0.2, -0.15) is 5.10 Å². The zero-order chi connectivity index (χ0) is 23.7. The van der Waals surface area contributed by atoms with Crippen molar-refractivity contribution in [2.24, 2.45) is 0 Å². The summed E-state index contributed by atoms with van der Waals surface area (Å²) in [6.07, 6.45) is 2.13. The van der Waals surface area contributed by atoms with E-state index in [1.165, 1.54) is 35.6 Å². The summed E-state index contributed by atoms with van der Waals surface area (Å²) in [4.78, 5) is 32.5. The summed E-state index contributed by atoms with van der Waals surface area (Å²) in [6, 6.07) is 11.6. The molecule has 1 fully saturated rings. The summed E-state index contributed by atoms with van der Waals surface area (Å²) >= 11 is 1.38. The summed E-state index contributed by atoms with van der Waals surface area (Å²) < 4.78 is 28.3. The number of carbonyl (C=O) groups is 1. The van der Waals surface area contributed by atoms with Crippen LogP contribution in [0.4, 0.5) is 13.9 Å². The van der Waals surface area contributed by atoms with E-state index in [-0.39, 0.29) is 30.2 Å². The van der Waals surface area contributed by atoms with E-state index in [2.05, 4.69) is 20.3 Å². The molecule has 10 heteroatoms. The van der Waals surface area contributed by atoms with Gasteiger partial charge in [0.25, 0.3) is 5.56 Å². The van der Waals surface area contributed by atoms with Gasteiger partial charge in [0.05, 0.1) is 4.70 Å². The van der Waals surface area contributed by atoms with Gasteiger partial charge >= 0.3 is 0 Å². The Morgan fingerprint density at radius 2 is 1.65 bits per heavy atom. The van der Waals surface area contributed by atoms with Crippen LogP contribution in [-0.2, 0) is 17.9 Å². The molecule has 1 amide bonds. The normalized spacial score (nSPS) is 13.5. The number of nitrogens with one attached hydrogen (secondary N) is 1. The Labute approximate surface area is 197 Å². The van der Waals surface area contributed by atoms with Crippen molar-refractivity contribution in [2.45, 2.75) is 25.9 Å². The van der Waals surface area contributed by atoms with Crippen molar-refractivity contribution < 1.29 is 13.6 Å². The van der Waals surface area contributed by atoms with Gasteiger partial charge in [-0.1, -0.05) is 23.5 Å². The van der Waals surface area contributed by atoms with Crippen LogP contribution in [0.5, 0.6) is 0 Å². The molecule has 34 heavy (non-hydrogen) atoms. The first-order valence-electron chi connectivity index (χ1n) is 10.9. The van der Waals surface area contributed by atoms with Crippen molar-refractivity contribution in [3.05, 3.63) is 76.1 Å². The fraction of sp³-hybridized carbons (Fsp3) is 0.250. The molecule has 0 atom stereocenters. The Bertz CT molecular complexity index is 1390. The third-order valence-electron chi connectivity index (χ3n) is 5.68. The van der Waals surface area contributed by atoms with Crippen LogP contribution < -0.4 is 15.8 Å². The van der Waals surface area contributed by atoms with Gasteiger partial charge in [-0.3, -0.25) is 9.59 Å². The van der Waals surface area contributed by atoms with Crippen molar-refractivity contribution in [1.29, 1.82) is 0 Å². The summed E-state index contributed by atoms with van der Waals surface area (Å²) in [7, 11) is 0. The minimum atomic E-state index is -0.459.